The van der Waals surface area contributed by atoms with Crippen LogP contribution in [0.3, 0.4) is 0 Å². The highest BCUT2D eigenvalue weighted by Crippen LogP contribution is 2.34. The largest absolute Gasteiger partial charge is 0.254 e. The molecule has 1 heterocycles. The van der Waals surface area contributed by atoms with Gasteiger partial charge in [-0.25, -0.2) is 4.57 Å². The van der Waals surface area contributed by atoms with Gasteiger partial charge in [0, 0.05) is 22.3 Å². The zero-order valence-electron chi connectivity index (χ0n) is 21.5. The summed E-state index contributed by atoms with van der Waals surface area (Å²) in [5, 5.41) is 0. The van der Waals surface area contributed by atoms with Gasteiger partial charge in [0.25, 0.3) is 6.33 Å². The molecule has 170 valence electrons. The number of hydrogen-bond acceptors (Lipinski definition) is 0. The molecule has 2 heteroatoms. The minimum atomic E-state index is 0.437. The van der Waals surface area contributed by atoms with Gasteiger partial charge in [-0.3, -0.25) is 0 Å². The number of aromatic nitrogens is 2. The van der Waals surface area contributed by atoms with E-state index < -0.39 is 0 Å². The molecule has 0 N–H and O–H groups in total. The molecule has 0 saturated heterocycles. The van der Waals surface area contributed by atoms with Gasteiger partial charge in [-0.05, 0) is 36.2 Å². The Morgan fingerprint density at radius 3 is 1.50 bits per heavy atom. The Labute approximate surface area is 195 Å². The fourth-order valence-corrected chi connectivity index (χ4v) is 4.63. The molecule has 0 unspecified atom stereocenters. The molecule has 32 heavy (non-hydrogen) atoms. The highest BCUT2D eigenvalue weighted by atomic mass is 15.1. The van der Waals surface area contributed by atoms with Crippen molar-refractivity contribution in [1.29, 1.82) is 0 Å². The standard InChI is InChI=1S/C30H41N2/c1-19(2)24-13-11-14-25(20(3)4)29(24)31-17-28(23(9)10)32(18-31)30-26(21(5)6)15-12-16-27(30)22(7)8/h11-22H,9H2,1-8,10H3/q+1. The number of nitrogens with zero attached hydrogens (tertiary/aromatic N) is 2. The second kappa shape index (κ2) is 9.48. The van der Waals surface area contributed by atoms with Gasteiger partial charge >= 0.3 is 0 Å². The lowest BCUT2D eigenvalue weighted by molar-refractivity contribution is -0.596. The number of imidazole rings is 1. The second-order valence-corrected chi connectivity index (χ2v) is 10.4. The van der Waals surface area contributed by atoms with Gasteiger partial charge in [-0.2, -0.15) is 4.57 Å². The number of rotatable bonds is 7. The summed E-state index contributed by atoms with van der Waals surface area (Å²) in [4.78, 5) is 0. The summed E-state index contributed by atoms with van der Waals surface area (Å²) < 4.78 is 4.73. The normalized spacial score (nSPS) is 11.9. The smallest absolute Gasteiger partial charge is 0.201 e. The van der Waals surface area contributed by atoms with Crippen LogP contribution >= 0.6 is 0 Å². The summed E-state index contributed by atoms with van der Waals surface area (Å²) in [6.45, 7) is 24.7. The van der Waals surface area contributed by atoms with Crippen LogP contribution in [0.1, 0.15) is 114 Å². The van der Waals surface area contributed by atoms with Crippen molar-refractivity contribution in [2.24, 2.45) is 0 Å². The first-order valence-electron chi connectivity index (χ1n) is 12.1. The number of allylic oxidation sites excluding steroid dienone is 1. The van der Waals surface area contributed by atoms with E-state index in [0.29, 0.717) is 23.7 Å². The quantitative estimate of drug-likeness (QED) is 0.334. The van der Waals surface area contributed by atoms with Gasteiger partial charge in [0.1, 0.15) is 17.6 Å². The zero-order chi connectivity index (χ0) is 23.7. The van der Waals surface area contributed by atoms with Crippen LogP contribution in [-0.2, 0) is 0 Å². The maximum Gasteiger partial charge on any atom is 0.254 e. The van der Waals surface area contributed by atoms with Gasteiger partial charge in [-0.1, -0.05) is 98.4 Å². The van der Waals surface area contributed by atoms with Gasteiger partial charge in [-0.15, -0.1) is 0 Å². The predicted octanol–water partition coefficient (Wildman–Crippen LogP) is 8.28. The van der Waals surface area contributed by atoms with Crippen LogP contribution in [0, 0.1) is 0 Å². The van der Waals surface area contributed by atoms with Crippen LogP contribution in [-0.4, -0.2) is 4.57 Å². The van der Waals surface area contributed by atoms with Gasteiger partial charge in [0.05, 0.1) is 0 Å². The third-order valence-corrected chi connectivity index (χ3v) is 6.38. The summed E-state index contributed by atoms with van der Waals surface area (Å²) in [6.07, 6.45) is 4.56. The van der Waals surface area contributed by atoms with E-state index in [1.807, 2.05) is 0 Å². The number of benzene rings is 2. The van der Waals surface area contributed by atoms with Crippen molar-refractivity contribution < 1.29 is 4.57 Å². The lowest BCUT2D eigenvalue weighted by atomic mass is 9.92. The maximum absolute atomic E-state index is 4.35. The Hall–Kier alpha value is -2.61. The van der Waals surface area contributed by atoms with Crippen molar-refractivity contribution in [3.05, 3.63) is 83.4 Å². The molecule has 0 aliphatic heterocycles. The number of para-hydroxylation sites is 2. The fourth-order valence-electron chi connectivity index (χ4n) is 4.63. The zero-order valence-corrected chi connectivity index (χ0v) is 21.5. The van der Waals surface area contributed by atoms with Crippen LogP contribution in [0.5, 0.6) is 0 Å². The minimum Gasteiger partial charge on any atom is -0.201 e. The first-order valence-corrected chi connectivity index (χ1v) is 12.1. The van der Waals surface area contributed by atoms with E-state index in [-0.39, 0.29) is 0 Å². The molecule has 0 radical (unpaired) electrons. The van der Waals surface area contributed by atoms with Crippen LogP contribution in [0.4, 0.5) is 0 Å². The van der Waals surface area contributed by atoms with Crippen molar-refractivity contribution in [1.82, 2.24) is 4.57 Å². The lowest BCUT2D eigenvalue weighted by Crippen LogP contribution is -2.32. The van der Waals surface area contributed by atoms with Crippen molar-refractivity contribution >= 4 is 5.57 Å². The summed E-state index contributed by atoms with van der Waals surface area (Å²) in [6, 6.07) is 13.5. The van der Waals surface area contributed by atoms with E-state index >= 15 is 0 Å². The molecule has 0 aliphatic rings. The van der Waals surface area contributed by atoms with Crippen LogP contribution in [0.15, 0.2) is 55.5 Å². The van der Waals surface area contributed by atoms with E-state index in [4.69, 9.17) is 0 Å². The summed E-state index contributed by atoms with van der Waals surface area (Å²) in [5.74, 6) is 1.77. The van der Waals surface area contributed by atoms with Crippen LogP contribution < -0.4 is 4.57 Å². The molecule has 0 aliphatic carbocycles. The molecule has 2 nitrogen and oxygen atoms in total. The summed E-state index contributed by atoms with van der Waals surface area (Å²) in [7, 11) is 0. The molecule has 0 saturated carbocycles. The lowest BCUT2D eigenvalue weighted by Gasteiger charge is -2.18. The average Bonchev–Trinajstić information content (AvgIpc) is 3.17. The highest BCUT2D eigenvalue weighted by molar-refractivity contribution is 5.62. The SMILES string of the molecule is C=C(C)c1c[n+](-c2c(C(C)C)cccc2C(C)C)cn1-c1c(C(C)C)cccc1C(C)C. The third kappa shape index (κ3) is 4.46. The minimum absolute atomic E-state index is 0.437. The predicted molar refractivity (Wildman–Crippen MR) is 138 cm³/mol. The van der Waals surface area contributed by atoms with Crippen molar-refractivity contribution in [3.63, 3.8) is 0 Å². The highest BCUT2D eigenvalue weighted by Gasteiger charge is 2.27. The second-order valence-electron chi connectivity index (χ2n) is 10.4. The average molecular weight is 430 g/mol. The van der Waals surface area contributed by atoms with Crippen LogP contribution in [0.2, 0.25) is 0 Å². The van der Waals surface area contributed by atoms with Crippen molar-refractivity contribution in [2.45, 2.75) is 86.0 Å². The molecule has 0 amide bonds. The molecular weight excluding hydrogens is 388 g/mol. The molecular formula is C30H41N2+. The molecule has 3 rings (SSSR count). The first-order chi connectivity index (χ1) is 15.0. The Balaban J connectivity index is 2.40. The van der Waals surface area contributed by atoms with Gasteiger partial charge in [0.15, 0.2) is 5.69 Å². The van der Waals surface area contributed by atoms with Crippen molar-refractivity contribution in [2.75, 3.05) is 0 Å². The molecule has 0 spiro atoms. The molecule has 0 fully saturated rings. The van der Waals surface area contributed by atoms with E-state index in [0.717, 1.165) is 11.3 Å². The Kier molecular flexibility index (Phi) is 7.12. The molecule has 3 aromatic rings. The molecule has 2 aromatic carbocycles. The summed E-state index contributed by atoms with van der Waals surface area (Å²) in [5.41, 5.74) is 10.4. The number of hydrogen-bond donors (Lipinski definition) is 0. The van der Waals surface area contributed by atoms with Crippen molar-refractivity contribution in [3.8, 4) is 11.4 Å². The first kappa shape index (κ1) is 24.0. The topological polar surface area (TPSA) is 8.81 Å². The van der Waals surface area contributed by atoms with E-state index in [2.05, 4.69) is 127 Å². The monoisotopic (exact) mass is 429 g/mol. The molecule has 0 atom stereocenters. The van der Waals surface area contributed by atoms with Gasteiger partial charge < -0.3 is 0 Å². The maximum atomic E-state index is 4.35. The Morgan fingerprint density at radius 1 is 0.719 bits per heavy atom. The fraction of sp³-hybridized carbons (Fsp3) is 0.433. The molecule has 0 bridgehead atoms. The van der Waals surface area contributed by atoms with Gasteiger partial charge in [0.2, 0.25) is 0 Å². The summed E-state index contributed by atoms with van der Waals surface area (Å²) >= 11 is 0. The Morgan fingerprint density at radius 2 is 1.12 bits per heavy atom. The third-order valence-electron chi connectivity index (χ3n) is 6.38. The van der Waals surface area contributed by atoms with E-state index in [1.165, 1.54) is 33.6 Å². The molecule has 1 aromatic heterocycles. The van der Waals surface area contributed by atoms with E-state index in [1.54, 1.807) is 0 Å². The Bertz CT molecular complexity index is 1060. The van der Waals surface area contributed by atoms with Crippen LogP contribution in [0.25, 0.3) is 16.9 Å². The van der Waals surface area contributed by atoms with E-state index in [9.17, 15) is 0 Å².